The molecular formula is C14H10F3N6. The van der Waals surface area contributed by atoms with Crippen LogP contribution < -0.4 is 11.1 Å². The minimum Gasteiger partial charge on any atom is -0.399 e. The predicted octanol–water partition coefficient (Wildman–Crippen LogP) is 2.81. The molecule has 1 radical (unpaired) electrons. The van der Waals surface area contributed by atoms with Crippen LogP contribution in [0, 0.1) is 6.20 Å². The molecule has 0 amide bonds. The lowest BCUT2D eigenvalue weighted by atomic mass is 10.2. The Kier molecular flexibility index (Phi) is 3.61. The summed E-state index contributed by atoms with van der Waals surface area (Å²) in [4.78, 5) is 11.9. The molecule has 0 bridgehead atoms. The van der Waals surface area contributed by atoms with Crippen molar-refractivity contribution in [3.8, 4) is 5.82 Å². The molecule has 0 aliphatic carbocycles. The number of rotatable bonds is 3. The quantitative estimate of drug-likeness (QED) is 0.776. The number of alkyl halides is 3. The van der Waals surface area contributed by atoms with Gasteiger partial charge < -0.3 is 11.1 Å². The van der Waals surface area contributed by atoms with E-state index < -0.39 is 11.7 Å². The molecule has 0 spiro atoms. The number of halogens is 3. The molecule has 3 heterocycles. The van der Waals surface area contributed by atoms with E-state index in [-0.39, 0.29) is 11.6 Å². The fraction of sp³-hybridized carbons (Fsp3) is 0.0714. The largest absolute Gasteiger partial charge is 0.416 e. The Bertz CT molecular complexity index is 814. The first-order valence-corrected chi connectivity index (χ1v) is 6.40. The van der Waals surface area contributed by atoms with Crippen LogP contribution in [0.3, 0.4) is 0 Å². The number of nitrogen functional groups attached to an aromatic ring is 1. The Balaban J connectivity index is 1.92. The van der Waals surface area contributed by atoms with Crippen molar-refractivity contribution in [2.75, 3.05) is 11.1 Å². The number of nitrogens with zero attached hydrogens (tertiary/aromatic N) is 4. The summed E-state index contributed by atoms with van der Waals surface area (Å²) in [5.41, 5.74) is 5.38. The molecule has 3 aromatic rings. The number of nitrogens with two attached hydrogens (primary N) is 1. The van der Waals surface area contributed by atoms with E-state index in [0.717, 1.165) is 18.3 Å². The lowest BCUT2D eigenvalue weighted by molar-refractivity contribution is -0.137. The average Bonchev–Trinajstić information content (AvgIpc) is 3.00. The molecule has 0 aromatic carbocycles. The van der Waals surface area contributed by atoms with E-state index >= 15 is 0 Å². The molecule has 0 unspecified atom stereocenters. The monoisotopic (exact) mass is 319 g/mol. The summed E-state index contributed by atoms with van der Waals surface area (Å²) in [5.74, 6) is 0.731. The topological polar surface area (TPSA) is 81.6 Å². The highest BCUT2D eigenvalue weighted by molar-refractivity contribution is 5.60. The molecule has 0 saturated heterocycles. The van der Waals surface area contributed by atoms with Crippen molar-refractivity contribution < 1.29 is 13.2 Å². The third kappa shape index (κ3) is 3.39. The van der Waals surface area contributed by atoms with E-state index in [1.165, 1.54) is 12.4 Å². The van der Waals surface area contributed by atoms with Gasteiger partial charge in [0.05, 0.1) is 5.56 Å². The van der Waals surface area contributed by atoms with Crippen LogP contribution in [0.5, 0.6) is 0 Å². The number of hydrogen-bond acceptors (Lipinski definition) is 5. The summed E-state index contributed by atoms with van der Waals surface area (Å²) in [6.07, 6.45) is 2.27. The number of aromatic nitrogens is 4. The zero-order valence-electron chi connectivity index (χ0n) is 11.5. The number of hydrogen-bond donors (Lipinski definition) is 2. The molecule has 3 rings (SSSR count). The molecular weight excluding hydrogens is 309 g/mol. The van der Waals surface area contributed by atoms with Crippen molar-refractivity contribution >= 4 is 17.3 Å². The van der Waals surface area contributed by atoms with Gasteiger partial charge in [-0.25, -0.2) is 15.0 Å². The maximum absolute atomic E-state index is 12.7. The lowest BCUT2D eigenvalue weighted by Gasteiger charge is -2.11. The Morgan fingerprint density at radius 3 is 2.70 bits per heavy atom. The Labute approximate surface area is 128 Å². The summed E-state index contributed by atoms with van der Waals surface area (Å²) >= 11 is 0. The van der Waals surface area contributed by atoms with E-state index in [1.807, 2.05) is 0 Å². The summed E-state index contributed by atoms with van der Waals surface area (Å²) in [6.45, 7) is 0. The highest BCUT2D eigenvalue weighted by Gasteiger charge is 2.30. The number of pyridine rings is 2. The highest BCUT2D eigenvalue weighted by atomic mass is 19.4. The fourth-order valence-electron chi connectivity index (χ4n) is 1.89. The van der Waals surface area contributed by atoms with Crippen LogP contribution in [0.4, 0.5) is 30.5 Å². The van der Waals surface area contributed by atoms with Crippen molar-refractivity contribution in [3.05, 3.63) is 54.7 Å². The Morgan fingerprint density at radius 1 is 1.17 bits per heavy atom. The Morgan fingerprint density at radius 2 is 2.00 bits per heavy atom. The zero-order valence-corrected chi connectivity index (χ0v) is 11.5. The van der Waals surface area contributed by atoms with E-state index in [9.17, 15) is 13.2 Å². The van der Waals surface area contributed by atoms with Crippen LogP contribution >= 0.6 is 0 Å². The maximum atomic E-state index is 12.7. The Hall–Kier alpha value is -3.10. The molecule has 3 aromatic heterocycles. The van der Waals surface area contributed by atoms with Crippen LogP contribution in [-0.2, 0) is 6.18 Å². The van der Waals surface area contributed by atoms with Crippen molar-refractivity contribution in [1.82, 2.24) is 19.5 Å². The summed E-state index contributed by atoms with van der Waals surface area (Å²) in [7, 11) is 0. The smallest absolute Gasteiger partial charge is 0.399 e. The minimum atomic E-state index is -4.44. The summed E-state index contributed by atoms with van der Waals surface area (Å²) in [6, 6.07) is 4.88. The van der Waals surface area contributed by atoms with Gasteiger partial charge in [-0.2, -0.15) is 13.2 Å². The molecule has 3 N–H and O–H groups in total. The van der Waals surface area contributed by atoms with Gasteiger partial charge in [0.25, 0.3) is 0 Å². The van der Waals surface area contributed by atoms with Crippen LogP contribution in [0.15, 0.2) is 43.0 Å². The highest BCUT2D eigenvalue weighted by Crippen LogP contribution is 2.30. The molecule has 6 nitrogen and oxygen atoms in total. The van der Waals surface area contributed by atoms with Crippen LogP contribution in [-0.4, -0.2) is 19.5 Å². The standard InChI is InChI=1S/C14H10F3N6/c15-14(16,17)9-1-2-20-11(5-9)21-12-6-10(18)7-13(22-12)23-4-3-19-8-23/h1-2,4-8H,(H3,18,20,21,22). The normalized spacial score (nSPS) is 11.4. The minimum absolute atomic E-state index is 0.0149. The van der Waals surface area contributed by atoms with Gasteiger partial charge in [-0.05, 0) is 12.1 Å². The summed E-state index contributed by atoms with van der Waals surface area (Å²) < 4.78 is 39.7. The van der Waals surface area contributed by atoms with Gasteiger partial charge in [0.15, 0.2) is 0 Å². The number of anilines is 3. The first kappa shape index (κ1) is 14.8. The van der Waals surface area contributed by atoms with Gasteiger partial charge in [-0.1, -0.05) is 0 Å². The van der Waals surface area contributed by atoms with Crippen molar-refractivity contribution in [3.63, 3.8) is 0 Å². The van der Waals surface area contributed by atoms with Crippen LogP contribution in [0.2, 0.25) is 0 Å². The predicted molar refractivity (Wildman–Crippen MR) is 77.1 cm³/mol. The molecule has 117 valence electrons. The summed E-state index contributed by atoms with van der Waals surface area (Å²) in [5, 5.41) is 2.71. The third-order valence-electron chi connectivity index (χ3n) is 2.90. The van der Waals surface area contributed by atoms with Crippen molar-refractivity contribution in [2.45, 2.75) is 6.18 Å². The maximum Gasteiger partial charge on any atom is 0.416 e. The number of nitrogens with one attached hydrogen (secondary N) is 1. The third-order valence-corrected chi connectivity index (χ3v) is 2.90. The molecule has 0 fully saturated rings. The molecule has 9 heteroatoms. The van der Waals surface area contributed by atoms with Gasteiger partial charge in [0.1, 0.15) is 30.0 Å². The van der Waals surface area contributed by atoms with Gasteiger partial charge >= 0.3 is 6.18 Å². The van der Waals surface area contributed by atoms with E-state index in [1.54, 1.807) is 16.8 Å². The van der Waals surface area contributed by atoms with Crippen molar-refractivity contribution in [1.29, 1.82) is 0 Å². The van der Waals surface area contributed by atoms with E-state index in [2.05, 4.69) is 26.5 Å². The van der Waals surface area contributed by atoms with E-state index in [4.69, 9.17) is 5.73 Å². The van der Waals surface area contributed by atoms with Gasteiger partial charge in [-0.15, -0.1) is 0 Å². The number of imidazole rings is 1. The second-order valence-electron chi connectivity index (χ2n) is 4.61. The van der Waals surface area contributed by atoms with Gasteiger partial charge in [0.2, 0.25) is 0 Å². The molecule has 0 atom stereocenters. The van der Waals surface area contributed by atoms with Crippen LogP contribution in [0.1, 0.15) is 5.56 Å². The SMILES string of the molecule is Nc1cc(Nc2cc(C(F)(F)F)ccn2)nc(-n2c[c]nc2)c1. The molecule has 0 saturated carbocycles. The second-order valence-corrected chi connectivity index (χ2v) is 4.61. The molecule has 0 aliphatic heterocycles. The zero-order chi connectivity index (χ0) is 16.4. The molecule has 23 heavy (non-hydrogen) atoms. The molecule has 0 aliphatic rings. The van der Waals surface area contributed by atoms with Gasteiger partial charge in [0, 0.05) is 30.2 Å². The second kappa shape index (κ2) is 5.59. The fourth-order valence-corrected chi connectivity index (χ4v) is 1.89. The lowest BCUT2D eigenvalue weighted by Crippen LogP contribution is -2.07. The van der Waals surface area contributed by atoms with Gasteiger partial charge in [-0.3, -0.25) is 4.57 Å². The van der Waals surface area contributed by atoms with Crippen molar-refractivity contribution in [2.24, 2.45) is 0 Å². The first-order chi connectivity index (χ1) is 10.9. The average molecular weight is 319 g/mol. The van der Waals surface area contributed by atoms with E-state index in [0.29, 0.717) is 11.5 Å². The van der Waals surface area contributed by atoms with Crippen LogP contribution in [0.25, 0.3) is 5.82 Å². The first-order valence-electron chi connectivity index (χ1n) is 6.40.